The number of rotatable bonds is 6. The predicted octanol–water partition coefficient (Wildman–Crippen LogP) is 1.91. The molecule has 0 aromatic heterocycles. The minimum Gasteiger partial charge on any atom is -0.465 e. The number of nitrogens with one attached hydrogen (secondary N) is 1. The minimum absolute atomic E-state index is 0.0983. The van der Waals surface area contributed by atoms with Crippen LogP contribution in [0.3, 0.4) is 0 Å². The highest BCUT2D eigenvalue weighted by molar-refractivity contribution is 5.71. The Balaban J connectivity index is 2.34. The average molecular weight is 239 g/mol. The van der Waals surface area contributed by atoms with Crippen molar-refractivity contribution in [2.75, 3.05) is 13.2 Å². The lowest BCUT2D eigenvalue weighted by Crippen LogP contribution is -2.33. The SMILES string of the molecule is CCOC(=O)CNC(C)Cc1cccc(F)c1. The summed E-state index contributed by atoms with van der Waals surface area (Å²) in [5.41, 5.74) is 0.911. The van der Waals surface area contributed by atoms with Crippen molar-refractivity contribution in [2.45, 2.75) is 26.3 Å². The van der Waals surface area contributed by atoms with E-state index in [4.69, 9.17) is 4.74 Å². The monoisotopic (exact) mass is 239 g/mol. The molecule has 1 N–H and O–H groups in total. The first-order chi connectivity index (χ1) is 8.11. The van der Waals surface area contributed by atoms with Gasteiger partial charge in [0.2, 0.25) is 0 Å². The van der Waals surface area contributed by atoms with Crippen molar-refractivity contribution in [3.8, 4) is 0 Å². The number of hydrogen-bond donors (Lipinski definition) is 1. The van der Waals surface area contributed by atoms with E-state index in [9.17, 15) is 9.18 Å². The summed E-state index contributed by atoms with van der Waals surface area (Å²) in [6, 6.07) is 6.57. The van der Waals surface area contributed by atoms with E-state index in [0.29, 0.717) is 13.0 Å². The smallest absolute Gasteiger partial charge is 0.319 e. The zero-order chi connectivity index (χ0) is 12.7. The van der Waals surface area contributed by atoms with E-state index in [2.05, 4.69) is 5.32 Å². The topological polar surface area (TPSA) is 38.3 Å². The summed E-state index contributed by atoms with van der Waals surface area (Å²) in [7, 11) is 0. The van der Waals surface area contributed by atoms with Crippen LogP contribution in [0.2, 0.25) is 0 Å². The molecule has 0 aliphatic heterocycles. The predicted molar refractivity (Wildman–Crippen MR) is 64.2 cm³/mol. The zero-order valence-corrected chi connectivity index (χ0v) is 10.2. The lowest BCUT2D eigenvalue weighted by atomic mass is 10.1. The van der Waals surface area contributed by atoms with Crippen molar-refractivity contribution in [3.63, 3.8) is 0 Å². The second-order valence-corrected chi connectivity index (χ2v) is 3.92. The van der Waals surface area contributed by atoms with Crippen LogP contribution < -0.4 is 5.32 Å². The average Bonchev–Trinajstić information content (AvgIpc) is 2.27. The minimum atomic E-state index is -0.265. The largest absolute Gasteiger partial charge is 0.465 e. The number of esters is 1. The van der Waals surface area contributed by atoms with Gasteiger partial charge in [-0.15, -0.1) is 0 Å². The summed E-state index contributed by atoms with van der Waals surface area (Å²) in [5, 5.41) is 3.04. The van der Waals surface area contributed by atoms with Gasteiger partial charge in [-0.1, -0.05) is 12.1 Å². The molecule has 0 saturated heterocycles. The first kappa shape index (κ1) is 13.6. The quantitative estimate of drug-likeness (QED) is 0.771. The van der Waals surface area contributed by atoms with E-state index in [1.165, 1.54) is 12.1 Å². The van der Waals surface area contributed by atoms with Gasteiger partial charge >= 0.3 is 5.97 Å². The maximum atomic E-state index is 12.9. The summed E-state index contributed by atoms with van der Waals surface area (Å²) < 4.78 is 17.7. The van der Waals surface area contributed by atoms with Gasteiger partial charge < -0.3 is 10.1 Å². The van der Waals surface area contributed by atoms with Gasteiger partial charge in [0.15, 0.2) is 0 Å². The van der Waals surface area contributed by atoms with Crippen LogP contribution in [0, 0.1) is 5.82 Å². The van der Waals surface area contributed by atoms with Gasteiger partial charge in [-0.25, -0.2) is 4.39 Å². The standard InChI is InChI=1S/C13H18FNO2/c1-3-17-13(16)9-15-10(2)7-11-5-4-6-12(14)8-11/h4-6,8,10,15H,3,7,9H2,1-2H3. The summed E-state index contributed by atoms with van der Waals surface area (Å²) in [6.45, 7) is 4.29. The second kappa shape index (κ2) is 7.01. The Kier molecular flexibility index (Phi) is 5.63. The number of carbonyl (C=O) groups is 1. The molecule has 0 amide bonds. The second-order valence-electron chi connectivity index (χ2n) is 3.92. The molecule has 0 spiro atoms. The van der Waals surface area contributed by atoms with Crippen molar-refractivity contribution in [2.24, 2.45) is 0 Å². The van der Waals surface area contributed by atoms with Crippen LogP contribution in [-0.2, 0) is 16.0 Å². The lowest BCUT2D eigenvalue weighted by Gasteiger charge is -2.13. The number of ether oxygens (including phenoxy) is 1. The van der Waals surface area contributed by atoms with Crippen LogP contribution >= 0.6 is 0 Å². The third-order valence-corrected chi connectivity index (χ3v) is 2.33. The molecule has 0 heterocycles. The van der Waals surface area contributed by atoms with Crippen LogP contribution in [0.4, 0.5) is 4.39 Å². The summed E-state index contributed by atoms with van der Waals surface area (Å²) >= 11 is 0. The Morgan fingerprint density at radius 3 is 2.94 bits per heavy atom. The molecule has 0 fully saturated rings. The third-order valence-electron chi connectivity index (χ3n) is 2.33. The van der Waals surface area contributed by atoms with Gasteiger partial charge in [0.25, 0.3) is 0 Å². The van der Waals surface area contributed by atoms with Crippen molar-refractivity contribution in [1.29, 1.82) is 0 Å². The molecule has 0 aliphatic rings. The van der Waals surface area contributed by atoms with Gasteiger partial charge in [-0.05, 0) is 38.0 Å². The summed E-state index contributed by atoms with van der Waals surface area (Å²) in [4.78, 5) is 11.1. The van der Waals surface area contributed by atoms with Crippen LogP contribution in [0.25, 0.3) is 0 Å². The van der Waals surface area contributed by atoms with Gasteiger partial charge in [-0.3, -0.25) is 4.79 Å². The molecule has 0 bridgehead atoms. The zero-order valence-electron chi connectivity index (χ0n) is 10.2. The molecule has 1 aromatic carbocycles. The van der Waals surface area contributed by atoms with Gasteiger partial charge in [0, 0.05) is 6.04 Å². The Hall–Kier alpha value is -1.42. The van der Waals surface area contributed by atoms with E-state index in [0.717, 1.165) is 5.56 Å². The highest BCUT2D eigenvalue weighted by Crippen LogP contribution is 2.06. The normalized spacial score (nSPS) is 12.2. The van der Waals surface area contributed by atoms with E-state index >= 15 is 0 Å². The van der Waals surface area contributed by atoms with E-state index in [-0.39, 0.29) is 24.4 Å². The third kappa shape index (κ3) is 5.45. The molecule has 0 radical (unpaired) electrons. The summed E-state index contributed by atoms with van der Waals surface area (Å²) in [5.74, 6) is -0.501. The number of hydrogen-bond acceptors (Lipinski definition) is 3. The van der Waals surface area contributed by atoms with Crippen molar-refractivity contribution in [1.82, 2.24) is 5.32 Å². The number of carbonyl (C=O) groups excluding carboxylic acids is 1. The summed E-state index contributed by atoms with van der Waals surface area (Å²) in [6.07, 6.45) is 0.678. The van der Waals surface area contributed by atoms with E-state index in [1.54, 1.807) is 13.0 Å². The van der Waals surface area contributed by atoms with Crippen LogP contribution in [0.15, 0.2) is 24.3 Å². The highest BCUT2D eigenvalue weighted by atomic mass is 19.1. The molecular formula is C13H18FNO2. The Bertz CT molecular complexity index is 368. The molecule has 17 heavy (non-hydrogen) atoms. The maximum Gasteiger partial charge on any atom is 0.319 e. The first-order valence-electron chi connectivity index (χ1n) is 5.75. The van der Waals surface area contributed by atoms with Crippen molar-refractivity contribution < 1.29 is 13.9 Å². The van der Waals surface area contributed by atoms with E-state index in [1.807, 2.05) is 13.0 Å². The molecule has 1 rings (SSSR count). The maximum absolute atomic E-state index is 12.9. The molecule has 1 atom stereocenters. The molecule has 3 nitrogen and oxygen atoms in total. The Morgan fingerprint density at radius 2 is 2.29 bits per heavy atom. The molecule has 94 valence electrons. The lowest BCUT2D eigenvalue weighted by molar-refractivity contribution is -0.142. The first-order valence-corrected chi connectivity index (χ1v) is 5.75. The fourth-order valence-corrected chi connectivity index (χ4v) is 1.56. The van der Waals surface area contributed by atoms with Crippen LogP contribution in [0.1, 0.15) is 19.4 Å². The van der Waals surface area contributed by atoms with Crippen LogP contribution in [0.5, 0.6) is 0 Å². The Morgan fingerprint density at radius 1 is 1.53 bits per heavy atom. The van der Waals surface area contributed by atoms with E-state index < -0.39 is 0 Å². The molecular weight excluding hydrogens is 221 g/mol. The fraction of sp³-hybridized carbons (Fsp3) is 0.462. The fourth-order valence-electron chi connectivity index (χ4n) is 1.56. The molecule has 1 unspecified atom stereocenters. The molecule has 1 aromatic rings. The molecule has 4 heteroatoms. The number of halogens is 1. The van der Waals surface area contributed by atoms with Crippen LogP contribution in [-0.4, -0.2) is 25.2 Å². The van der Waals surface area contributed by atoms with Crippen molar-refractivity contribution >= 4 is 5.97 Å². The van der Waals surface area contributed by atoms with Crippen molar-refractivity contribution in [3.05, 3.63) is 35.6 Å². The van der Waals surface area contributed by atoms with Gasteiger partial charge in [0.1, 0.15) is 5.82 Å². The highest BCUT2D eigenvalue weighted by Gasteiger charge is 2.07. The molecule has 0 aliphatic carbocycles. The number of benzene rings is 1. The van der Waals surface area contributed by atoms with Gasteiger partial charge in [-0.2, -0.15) is 0 Å². The Labute approximate surface area is 101 Å². The van der Waals surface area contributed by atoms with Gasteiger partial charge in [0.05, 0.1) is 13.2 Å². The molecule has 0 saturated carbocycles.